The number of nitro benzene ring substituents is 1. The molecule has 0 fully saturated rings. The van der Waals surface area contributed by atoms with Crippen molar-refractivity contribution in [2.45, 2.75) is 0 Å². The number of hydrogen-bond acceptors (Lipinski definition) is 5. The molecule has 0 spiro atoms. The van der Waals surface area contributed by atoms with Gasteiger partial charge in [0.2, 0.25) is 0 Å². The molecule has 0 aromatic heterocycles. The molecule has 0 aliphatic heterocycles. The summed E-state index contributed by atoms with van der Waals surface area (Å²) in [6.07, 6.45) is 1.48. The van der Waals surface area contributed by atoms with Crippen LogP contribution in [0.25, 0.3) is 10.8 Å². The third-order valence-electron chi connectivity index (χ3n) is 4.80. The first-order valence-electron chi connectivity index (χ1n) is 9.52. The van der Waals surface area contributed by atoms with Gasteiger partial charge in [0, 0.05) is 29.6 Å². The molecule has 0 bridgehead atoms. The number of nitrogens with zero attached hydrogens (tertiary/aromatic N) is 2. The number of carbonyl (C=O) groups excluding carboxylic acids is 1. The first-order valence-corrected chi connectivity index (χ1v) is 9.90. The normalized spacial score (nSPS) is 11.0. The molecular weight excluding hydrogens is 430 g/mol. The smallest absolute Gasteiger partial charge is 0.270 e. The van der Waals surface area contributed by atoms with Gasteiger partial charge in [-0.2, -0.15) is 0 Å². The molecular formula is C24H16ClN3O4. The van der Waals surface area contributed by atoms with E-state index in [9.17, 15) is 20.0 Å². The molecule has 2 N–H and O–H groups in total. The van der Waals surface area contributed by atoms with E-state index < -0.39 is 4.92 Å². The maximum absolute atomic E-state index is 12.5. The van der Waals surface area contributed by atoms with E-state index in [-0.39, 0.29) is 17.3 Å². The Bertz CT molecular complexity index is 1390. The summed E-state index contributed by atoms with van der Waals surface area (Å²) in [6, 6.07) is 21.1. The molecule has 0 atom stereocenters. The van der Waals surface area contributed by atoms with E-state index in [0.29, 0.717) is 38.3 Å². The molecule has 1 amide bonds. The Hall–Kier alpha value is -4.23. The van der Waals surface area contributed by atoms with Gasteiger partial charge in [-0.3, -0.25) is 19.9 Å². The van der Waals surface area contributed by atoms with Crippen LogP contribution in [0.15, 0.2) is 83.9 Å². The van der Waals surface area contributed by atoms with Gasteiger partial charge in [0.05, 0.1) is 21.2 Å². The average Bonchev–Trinajstić information content (AvgIpc) is 2.78. The highest BCUT2D eigenvalue weighted by Crippen LogP contribution is 2.29. The number of halogens is 1. The summed E-state index contributed by atoms with van der Waals surface area (Å²) in [5.41, 5.74) is 1.83. The minimum absolute atomic E-state index is 0.00159. The zero-order valence-electron chi connectivity index (χ0n) is 16.5. The third kappa shape index (κ3) is 4.43. The van der Waals surface area contributed by atoms with Crippen molar-refractivity contribution in [3.05, 3.63) is 105 Å². The Morgan fingerprint density at radius 3 is 2.62 bits per heavy atom. The highest BCUT2D eigenvalue weighted by molar-refractivity contribution is 6.34. The van der Waals surface area contributed by atoms with Crippen LogP contribution in [0.1, 0.15) is 15.9 Å². The molecule has 4 aromatic rings. The number of amides is 1. The quantitative estimate of drug-likeness (QED) is 0.219. The molecule has 0 unspecified atom stereocenters. The lowest BCUT2D eigenvalue weighted by Crippen LogP contribution is -2.12. The van der Waals surface area contributed by atoms with Crippen molar-refractivity contribution in [3.8, 4) is 5.75 Å². The lowest BCUT2D eigenvalue weighted by Gasteiger charge is -2.08. The number of carbonyl (C=O) groups is 1. The molecule has 4 rings (SSSR count). The summed E-state index contributed by atoms with van der Waals surface area (Å²) in [4.78, 5) is 27.4. The van der Waals surface area contributed by atoms with Crippen molar-refractivity contribution in [3.63, 3.8) is 0 Å². The number of phenolic OH excluding ortho intramolecular Hbond substituents is 1. The summed E-state index contributed by atoms with van der Waals surface area (Å²) in [5, 5.41) is 25.7. The van der Waals surface area contributed by atoms with Crippen molar-refractivity contribution in [1.82, 2.24) is 0 Å². The van der Waals surface area contributed by atoms with Gasteiger partial charge in [-0.15, -0.1) is 0 Å². The molecule has 0 heterocycles. The molecule has 0 saturated heterocycles. The molecule has 0 saturated carbocycles. The van der Waals surface area contributed by atoms with E-state index in [0.717, 1.165) is 0 Å². The molecule has 32 heavy (non-hydrogen) atoms. The number of nitro groups is 1. The molecule has 0 aliphatic carbocycles. The Kier molecular flexibility index (Phi) is 5.83. The maximum Gasteiger partial charge on any atom is 0.270 e. The highest BCUT2D eigenvalue weighted by Gasteiger charge is 2.11. The van der Waals surface area contributed by atoms with Gasteiger partial charge in [-0.25, -0.2) is 0 Å². The SMILES string of the molecule is O=C(Nc1cccc(N=Cc2c(O)ccc3cc([N+](=O)[O-])ccc23)c1)c1ccccc1Cl. The number of nitrogens with one attached hydrogen (secondary N) is 1. The number of benzene rings is 4. The highest BCUT2D eigenvalue weighted by atomic mass is 35.5. The van der Waals surface area contributed by atoms with Gasteiger partial charge in [0.1, 0.15) is 5.75 Å². The fourth-order valence-electron chi connectivity index (χ4n) is 3.23. The zero-order valence-corrected chi connectivity index (χ0v) is 17.3. The second-order valence-corrected chi connectivity index (χ2v) is 7.31. The summed E-state index contributed by atoms with van der Waals surface area (Å²) < 4.78 is 0. The van der Waals surface area contributed by atoms with E-state index in [4.69, 9.17) is 11.6 Å². The van der Waals surface area contributed by atoms with Crippen LogP contribution in [-0.4, -0.2) is 22.2 Å². The molecule has 0 aliphatic rings. The number of hydrogen-bond donors (Lipinski definition) is 2. The monoisotopic (exact) mass is 445 g/mol. The first-order chi connectivity index (χ1) is 15.4. The summed E-state index contributed by atoms with van der Waals surface area (Å²) in [5.74, 6) is -0.344. The van der Waals surface area contributed by atoms with Gasteiger partial charge in [0.25, 0.3) is 11.6 Å². The van der Waals surface area contributed by atoms with Crippen LogP contribution in [0.5, 0.6) is 5.75 Å². The summed E-state index contributed by atoms with van der Waals surface area (Å²) in [6.45, 7) is 0. The summed E-state index contributed by atoms with van der Waals surface area (Å²) >= 11 is 6.08. The van der Waals surface area contributed by atoms with Crippen molar-refractivity contribution in [2.24, 2.45) is 4.99 Å². The molecule has 0 radical (unpaired) electrons. The largest absolute Gasteiger partial charge is 0.507 e. The minimum Gasteiger partial charge on any atom is -0.507 e. The maximum atomic E-state index is 12.5. The van der Waals surface area contributed by atoms with Crippen LogP contribution in [0.3, 0.4) is 0 Å². The van der Waals surface area contributed by atoms with Gasteiger partial charge >= 0.3 is 0 Å². The number of phenols is 1. The number of fused-ring (bicyclic) bond motifs is 1. The third-order valence-corrected chi connectivity index (χ3v) is 5.13. The number of aliphatic imine (C=N–C) groups is 1. The molecule has 8 heteroatoms. The van der Waals surface area contributed by atoms with Gasteiger partial charge in [0.15, 0.2) is 0 Å². The van der Waals surface area contributed by atoms with Crippen LogP contribution in [0.2, 0.25) is 5.02 Å². The Labute approximate surface area is 187 Å². The van der Waals surface area contributed by atoms with Crippen molar-refractivity contribution < 1.29 is 14.8 Å². The number of anilines is 1. The topological polar surface area (TPSA) is 105 Å². The lowest BCUT2D eigenvalue weighted by molar-refractivity contribution is -0.384. The van der Waals surface area contributed by atoms with Crippen LogP contribution < -0.4 is 5.32 Å². The van der Waals surface area contributed by atoms with E-state index in [1.165, 1.54) is 24.4 Å². The van der Waals surface area contributed by atoms with Crippen LogP contribution in [0.4, 0.5) is 17.1 Å². The molecule has 7 nitrogen and oxygen atoms in total. The van der Waals surface area contributed by atoms with E-state index >= 15 is 0 Å². The minimum atomic E-state index is -0.470. The van der Waals surface area contributed by atoms with Crippen molar-refractivity contribution >= 4 is 51.6 Å². The lowest BCUT2D eigenvalue weighted by atomic mass is 10.0. The van der Waals surface area contributed by atoms with E-state index in [1.807, 2.05) is 0 Å². The summed E-state index contributed by atoms with van der Waals surface area (Å²) in [7, 11) is 0. The van der Waals surface area contributed by atoms with Gasteiger partial charge in [-0.05, 0) is 53.2 Å². The van der Waals surface area contributed by atoms with Crippen molar-refractivity contribution in [1.29, 1.82) is 0 Å². The first kappa shape index (κ1) is 21.0. The Morgan fingerprint density at radius 1 is 1.03 bits per heavy atom. The number of aromatic hydroxyl groups is 1. The fourth-order valence-corrected chi connectivity index (χ4v) is 3.45. The second-order valence-electron chi connectivity index (χ2n) is 6.90. The molecule has 4 aromatic carbocycles. The Morgan fingerprint density at radius 2 is 1.84 bits per heavy atom. The number of rotatable bonds is 5. The number of non-ortho nitro benzene ring substituents is 1. The predicted molar refractivity (Wildman–Crippen MR) is 125 cm³/mol. The van der Waals surface area contributed by atoms with Crippen molar-refractivity contribution in [2.75, 3.05) is 5.32 Å². The predicted octanol–water partition coefficient (Wildman–Crippen LogP) is 6.11. The fraction of sp³-hybridized carbons (Fsp3) is 0. The average molecular weight is 446 g/mol. The van der Waals surface area contributed by atoms with Crippen LogP contribution >= 0.6 is 11.6 Å². The standard InChI is InChI=1S/C24H16ClN3O4/c25-22-7-2-1-6-20(22)24(30)27-17-5-3-4-16(13-17)26-14-21-19-10-9-18(28(31)32)12-15(19)8-11-23(21)29/h1-14,29H,(H,27,30). The zero-order chi connectivity index (χ0) is 22.7. The van der Waals surface area contributed by atoms with E-state index in [1.54, 1.807) is 60.7 Å². The molecule has 158 valence electrons. The van der Waals surface area contributed by atoms with Gasteiger partial charge in [-0.1, -0.05) is 35.9 Å². The van der Waals surface area contributed by atoms with Crippen LogP contribution in [-0.2, 0) is 0 Å². The Balaban J connectivity index is 1.61. The second kappa shape index (κ2) is 8.87. The van der Waals surface area contributed by atoms with E-state index in [2.05, 4.69) is 10.3 Å². The van der Waals surface area contributed by atoms with Crippen LogP contribution in [0, 0.1) is 10.1 Å². The van der Waals surface area contributed by atoms with Gasteiger partial charge < -0.3 is 10.4 Å².